The highest BCUT2D eigenvalue weighted by Crippen LogP contribution is 2.30. The molecule has 1 aliphatic heterocycles. The number of likely N-dealkylation sites (tertiary alicyclic amines) is 1. The van der Waals surface area contributed by atoms with Crippen molar-refractivity contribution < 1.29 is 4.79 Å². The van der Waals surface area contributed by atoms with Gasteiger partial charge in [0, 0.05) is 38.1 Å². The molecule has 1 atom stereocenters. The summed E-state index contributed by atoms with van der Waals surface area (Å²) in [5.74, 6) is 1.83. The van der Waals surface area contributed by atoms with Gasteiger partial charge in [0.05, 0.1) is 12.2 Å². The van der Waals surface area contributed by atoms with Gasteiger partial charge in [0.25, 0.3) is 0 Å². The highest BCUT2D eigenvalue weighted by molar-refractivity contribution is 5.77. The fourth-order valence-corrected chi connectivity index (χ4v) is 3.18. The summed E-state index contributed by atoms with van der Waals surface area (Å²) < 4.78 is 0. The molecule has 0 radical (unpaired) electrons. The number of carbonyl (C=O) groups is 1. The van der Waals surface area contributed by atoms with Crippen LogP contribution in [0.5, 0.6) is 0 Å². The number of nitrogens with zero attached hydrogens (tertiary/aromatic N) is 4. The average molecular weight is 340 g/mol. The van der Waals surface area contributed by atoms with Crippen LogP contribution < -0.4 is 10.6 Å². The number of carbonyl (C=O) groups excluding carboxylic acids is 1. The Balaban J connectivity index is 1.78. The number of aryl methyl sites for hydroxylation is 1. The highest BCUT2D eigenvalue weighted by atomic mass is 16.1. The van der Waals surface area contributed by atoms with Crippen LogP contribution in [-0.2, 0) is 4.79 Å². The molecule has 2 aromatic rings. The molecule has 1 saturated heterocycles. The first kappa shape index (κ1) is 17.3. The molecule has 3 rings (SSSR count). The summed E-state index contributed by atoms with van der Waals surface area (Å²) in [6.45, 7) is 4.18. The molecule has 2 aromatic heterocycles. The number of hydrogen-bond donors (Lipinski definition) is 2. The monoisotopic (exact) mass is 340 g/mol. The SMILES string of the molecule is CNC(=O)CN1CCCC(c2nccnc2Nc2ncccc2C)C1. The Morgan fingerprint density at radius 2 is 2.04 bits per heavy atom. The molecule has 0 aromatic carbocycles. The number of amides is 1. The van der Waals surface area contributed by atoms with Crippen molar-refractivity contribution in [1.82, 2.24) is 25.2 Å². The first-order valence-corrected chi connectivity index (χ1v) is 8.60. The van der Waals surface area contributed by atoms with E-state index in [1.165, 1.54) is 0 Å². The molecule has 1 amide bonds. The van der Waals surface area contributed by atoms with E-state index in [0.29, 0.717) is 6.54 Å². The van der Waals surface area contributed by atoms with Gasteiger partial charge in [-0.25, -0.2) is 9.97 Å². The van der Waals surface area contributed by atoms with E-state index in [9.17, 15) is 4.79 Å². The predicted molar refractivity (Wildman–Crippen MR) is 96.8 cm³/mol. The fraction of sp³-hybridized carbons (Fsp3) is 0.444. The molecule has 25 heavy (non-hydrogen) atoms. The van der Waals surface area contributed by atoms with Gasteiger partial charge in [0.15, 0.2) is 5.82 Å². The number of pyridine rings is 1. The second-order valence-corrected chi connectivity index (χ2v) is 6.33. The van der Waals surface area contributed by atoms with Crippen molar-refractivity contribution >= 4 is 17.5 Å². The summed E-state index contributed by atoms with van der Waals surface area (Å²) in [6.07, 6.45) is 7.26. The van der Waals surface area contributed by atoms with Crippen LogP contribution in [0, 0.1) is 6.92 Å². The van der Waals surface area contributed by atoms with E-state index in [1.807, 2.05) is 19.1 Å². The Morgan fingerprint density at radius 1 is 1.24 bits per heavy atom. The van der Waals surface area contributed by atoms with Gasteiger partial charge in [-0.3, -0.25) is 14.7 Å². The second kappa shape index (κ2) is 8.02. The topological polar surface area (TPSA) is 83.0 Å². The lowest BCUT2D eigenvalue weighted by Gasteiger charge is -2.32. The van der Waals surface area contributed by atoms with Crippen molar-refractivity contribution in [1.29, 1.82) is 0 Å². The Morgan fingerprint density at radius 3 is 2.84 bits per heavy atom. The van der Waals surface area contributed by atoms with E-state index in [0.717, 1.165) is 48.8 Å². The molecule has 7 heteroatoms. The molecule has 2 N–H and O–H groups in total. The van der Waals surface area contributed by atoms with Gasteiger partial charge >= 0.3 is 0 Å². The molecule has 0 spiro atoms. The van der Waals surface area contributed by atoms with E-state index >= 15 is 0 Å². The van der Waals surface area contributed by atoms with Crippen LogP contribution in [0.15, 0.2) is 30.7 Å². The third-order valence-corrected chi connectivity index (χ3v) is 4.51. The first-order chi connectivity index (χ1) is 12.2. The normalized spacial score (nSPS) is 17.9. The van der Waals surface area contributed by atoms with Crippen LogP contribution in [0.3, 0.4) is 0 Å². The summed E-state index contributed by atoms with van der Waals surface area (Å²) in [5.41, 5.74) is 2.00. The molecular weight excluding hydrogens is 316 g/mol. The van der Waals surface area contributed by atoms with Crippen LogP contribution >= 0.6 is 0 Å². The molecule has 0 saturated carbocycles. The van der Waals surface area contributed by atoms with E-state index in [2.05, 4.69) is 30.5 Å². The van der Waals surface area contributed by atoms with Crippen LogP contribution in [0.4, 0.5) is 11.6 Å². The van der Waals surface area contributed by atoms with Crippen molar-refractivity contribution in [3.63, 3.8) is 0 Å². The van der Waals surface area contributed by atoms with E-state index in [-0.39, 0.29) is 11.8 Å². The average Bonchev–Trinajstić information content (AvgIpc) is 2.64. The Labute approximate surface area is 147 Å². The molecule has 132 valence electrons. The third-order valence-electron chi connectivity index (χ3n) is 4.51. The first-order valence-electron chi connectivity index (χ1n) is 8.60. The fourth-order valence-electron chi connectivity index (χ4n) is 3.18. The number of piperidine rings is 1. The highest BCUT2D eigenvalue weighted by Gasteiger charge is 2.26. The van der Waals surface area contributed by atoms with E-state index < -0.39 is 0 Å². The van der Waals surface area contributed by atoms with Crippen molar-refractivity contribution in [2.75, 3.05) is 32.0 Å². The minimum atomic E-state index is 0.0438. The molecule has 0 bridgehead atoms. The lowest BCUT2D eigenvalue weighted by Crippen LogP contribution is -2.41. The smallest absolute Gasteiger partial charge is 0.233 e. The number of aromatic nitrogens is 3. The van der Waals surface area contributed by atoms with E-state index in [4.69, 9.17) is 0 Å². The summed E-state index contributed by atoms with van der Waals surface area (Å²) in [5, 5.41) is 6.01. The minimum Gasteiger partial charge on any atom is -0.358 e. The zero-order chi connectivity index (χ0) is 17.6. The number of hydrogen-bond acceptors (Lipinski definition) is 6. The largest absolute Gasteiger partial charge is 0.358 e. The Bertz CT molecular complexity index is 735. The maximum Gasteiger partial charge on any atom is 0.233 e. The molecule has 1 unspecified atom stereocenters. The number of rotatable bonds is 5. The van der Waals surface area contributed by atoms with Gasteiger partial charge in [0.1, 0.15) is 5.82 Å². The molecule has 1 fully saturated rings. The predicted octanol–water partition coefficient (Wildman–Crippen LogP) is 1.85. The lowest BCUT2D eigenvalue weighted by molar-refractivity contribution is -0.122. The molecule has 3 heterocycles. The van der Waals surface area contributed by atoms with Gasteiger partial charge in [0.2, 0.25) is 5.91 Å². The lowest BCUT2D eigenvalue weighted by atomic mass is 9.94. The van der Waals surface area contributed by atoms with Crippen molar-refractivity contribution in [3.05, 3.63) is 42.0 Å². The van der Waals surface area contributed by atoms with Gasteiger partial charge in [-0.2, -0.15) is 0 Å². The van der Waals surface area contributed by atoms with Gasteiger partial charge < -0.3 is 10.6 Å². The maximum absolute atomic E-state index is 11.7. The van der Waals surface area contributed by atoms with Gasteiger partial charge in [-0.15, -0.1) is 0 Å². The summed E-state index contributed by atoms with van der Waals surface area (Å²) >= 11 is 0. The zero-order valence-corrected chi connectivity index (χ0v) is 14.7. The Kier molecular flexibility index (Phi) is 5.55. The summed E-state index contributed by atoms with van der Waals surface area (Å²) in [4.78, 5) is 27.3. The number of likely N-dealkylation sites (N-methyl/N-ethyl adjacent to an activating group) is 1. The van der Waals surface area contributed by atoms with Gasteiger partial charge in [-0.05, 0) is 37.9 Å². The third kappa shape index (κ3) is 4.30. The van der Waals surface area contributed by atoms with Crippen LogP contribution in [0.1, 0.15) is 30.0 Å². The minimum absolute atomic E-state index is 0.0438. The second-order valence-electron chi connectivity index (χ2n) is 6.33. The summed E-state index contributed by atoms with van der Waals surface area (Å²) in [6, 6.07) is 3.92. The van der Waals surface area contributed by atoms with Crippen molar-refractivity contribution in [3.8, 4) is 0 Å². The van der Waals surface area contributed by atoms with Crippen molar-refractivity contribution in [2.45, 2.75) is 25.7 Å². The van der Waals surface area contributed by atoms with Crippen LogP contribution in [0.25, 0.3) is 0 Å². The zero-order valence-electron chi connectivity index (χ0n) is 14.7. The van der Waals surface area contributed by atoms with Gasteiger partial charge in [-0.1, -0.05) is 6.07 Å². The molecular formula is C18H24N6O. The number of nitrogens with one attached hydrogen (secondary N) is 2. The van der Waals surface area contributed by atoms with Crippen LogP contribution in [-0.4, -0.2) is 52.4 Å². The standard InChI is InChI=1S/C18H24N6O/c1-13-5-3-7-21-17(13)23-18-16(20-8-9-22-18)14-6-4-10-24(11-14)12-15(25)19-2/h3,5,7-9,14H,4,6,10-12H2,1-2H3,(H,19,25)(H,21,22,23). The quantitative estimate of drug-likeness (QED) is 0.864. The Hall–Kier alpha value is -2.54. The van der Waals surface area contributed by atoms with Crippen LogP contribution in [0.2, 0.25) is 0 Å². The van der Waals surface area contributed by atoms with Crippen molar-refractivity contribution in [2.24, 2.45) is 0 Å². The number of anilines is 2. The maximum atomic E-state index is 11.7. The molecule has 7 nitrogen and oxygen atoms in total. The molecule has 1 aliphatic rings. The molecule has 0 aliphatic carbocycles. The summed E-state index contributed by atoms with van der Waals surface area (Å²) in [7, 11) is 1.67. The van der Waals surface area contributed by atoms with E-state index in [1.54, 1.807) is 25.6 Å².